The minimum absolute atomic E-state index is 0.00539. The molecule has 0 saturated heterocycles. The Morgan fingerprint density at radius 2 is 1.58 bits per heavy atom. The zero-order chi connectivity index (χ0) is 24.0. The minimum atomic E-state index is -0.640. The van der Waals surface area contributed by atoms with E-state index in [-0.39, 0.29) is 28.0 Å². The molecule has 9 nitrogen and oxygen atoms in total. The average molecular weight is 485 g/mol. The fraction of sp³-hybridized carbons (Fsp3) is 0.0455. The van der Waals surface area contributed by atoms with Crippen LogP contribution < -0.4 is 20.7 Å². The van der Waals surface area contributed by atoms with E-state index in [4.69, 9.17) is 28.6 Å². The van der Waals surface area contributed by atoms with E-state index in [0.717, 1.165) is 6.07 Å². The molecule has 0 spiro atoms. The molecule has 3 aromatic rings. The van der Waals surface area contributed by atoms with Crippen molar-refractivity contribution in [1.29, 1.82) is 0 Å². The van der Waals surface area contributed by atoms with E-state index in [9.17, 15) is 19.7 Å². The van der Waals surface area contributed by atoms with E-state index in [1.165, 1.54) is 19.2 Å². The summed E-state index contributed by atoms with van der Waals surface area (Å²) in [7, 11) is 1.30. The Morgan fingerprint density at radius 1 is 0.939 bits per heavy atom. The number of halogens is 1. The second kappa shape index (κ2) is 10.5. The maximum absolute atomic E-state index is 12.4. The lowest BCUT2D eigenvalue weighted by atomic mass is 10.1. The maximum atomic E-state index is 12.4. The van der Waals surface area contributed by atoms with E-state index in [0.29, 0.717) is 22.0 Å². The van der Waals surface area contributed by atoms with Gasteiger partial charge in [0.15, 0.2) is 10.9 Å². The number of anilines is 2. The second-order valence-corrected chi connectivity index (χ2v) is 7.44. The van der Waals surface area contributed by atoms with Crippen LogP contribution in [-0.2, 0) is 0 Å². The number of nitro benzene ring substituents is 1. The first kappa shape index (κ1) is 23.6. The predicted molar refractivity (Wildman–Crippen MR) is 129 cm³/mol. The highest BCUT2D eigenvalue weighted by molar-refractivity contribution is 7.80. The number of ether oxygens (including phenoxy) is 1. The first-order valence-corrected chi connectivity index (χ1v) is 10.2. The molecule has 11 heteroatoms. The summed E-state index contributed by atoms with van der Waals surface area (Å²) in [5, 5.41) is 19.6. The standard InChI is InChI=1S/C22H17ClN4O5S/c1-32-19-10-5-14(12-18(19)27(30)31)21(29)26-22(33)25-17-8-6-16(7-9-17)24-20(28)13-3-2-4-15(23)11-13/h2-12H,1H3,(H,24,28)(H2,25,26,29,33). The molecule has 3 rings (SSSR count). The minimum Gasteiger partial charge on any atom is -0.490 e. The van der Waals surface area contributed by atoms with Crippen molar-refractivity contribution in [3.8, 4) is 5.75 Å². The molecule has 0 unspecified atom stereocenters. The summed E-state index contributed by atoms with van der Waals surface area (Å²) in [5.74, 6) is -0.891. The number of hydrogen-bond acceptors (Lipinski definition) is 6. The summed E-state index contributed by atoms with van der Waals surface area (Å²) in [6, 6.07) is 17.0. The third-order valence-electron chi connectivity index (χ3n) is 4.35. The lowest BCUT2D eigenvalue weighted by Crippen LogP contribution is -2.34. The molecule has 3 aromatic carbocycles. The maximum Gasteiger partial charge on any atom is 0.311 e. The largest absolute Gasteiger partial charge is 0.490 e. The smallest absolute Gasteiger partial charge is 0.311 e. The molecular formula is C22H17ClN4O5S. The van der Waals surface area contributed by atoms with Gasteiger partial charge in [-0.05, 0) is 66.8 Å². The Morgan fingerprint density at radius 3 is 2.18 bits per heavy atom. The van der Waals surface area contributed by atoms with Crippen molar-refractivity contribution < 1.29 is 19.2 Å². The summed E-state index contributed by atoms with van der Waals surface area (Å²) >= 11 is 11.0. The number of carbonyl (C=O) groups excluding carboxylic acids is 2. The van der Waals surface area contributed by atoms with Gasteiger partial charge in [0.1, 0.15) is 0 Å². The molecule has 33 heavy (non-hydrogen) atoms. The Labute approximate surface area is 198 Å². The number of benzene rings is 3. The summed E-state index contributed by atoms with van der Waals surface area (Å²) in [5.41, 5.74) is 1.24. The topological polar surface area (TPSA) is 123 Å². The van der Waals surface area contributed by atoms with E-state index in [1.54, 1.807) is 48.5 Å². The lowest BCUT2D eigenvalue weighted by molar-refractivity contribution is -0.385. The van der Waals surface area contributed by atoms with Gasteiger partial charge in [-0.15, -0.1) is 0 Å². The first-order chi connectivity index (χ1) is 15.8. The Hall–Kier alpha value is -4.02. The Balaban J connectivity index is 1.59. The van der Waals surface area contributed by atoms with Gasteiger partial charge in [-0.1, -0.05) is 17.7 Å². The second-order valence-electron chi connectivity index (χ2n) is 6.59. The highest BCUT2D eigenvalue weighted by Gasteiger charge is 2.18. The van der Waals surface area contributed by atoms with Gasteiger partial charge in [0.05, 0.1) is 12.0 Å². The van der Waals surface area contributed by atoms with Crippen LogP contribution in [-0.4, -0.2) is 29.0 Å². The van der Waals surface area contributed by atoms with E-state index in [1.807, 2.05) is 0 Å². The van der Waals surface area contributed by atoms with Crippen molar-refractivity contribution in [2.75, 3.05) is 17.7 Å². The van der Waals surface area contributed by atoms with Crippen molar-refractivity contribution in [3.63, 3.8) is 0 Å². The third kappa shape index (κ3) is 6.25. The van der Waals surface area contributed by atoms with Crippen LogP contribution in [0.15, 0.2) is 66.7 Å². The van der Waals surface area contributed by atoms with Gasteiger partial charge in [0.25, 0.3) is 11.8 Å². The Bertz CT molecular complexity index is 1230. The number of amides is 2. The predicted octanol–water partition coefficient (Wildman–Crippen LogP) is 4.64. The number of carbonyl (C=O) groups is 2. The molecule has 0 fully saturated rings. The van der Waals surface area contributed by atoms with E-state index >= 15 is 0 Å². The van der Waals surface area contributed by atoms with Gasteiger partial charge in [0.2, 0.25) is 0 Å². The van der Waals surface area contributed by atoms with Gasteiger partial charge >= 0.3 is 5.69 Å². The average Bonchev–Trinajstić information content (AvgIpc) is 2.79. The van der Waals surface area contributed by atoms with Gasteiger partial charge in [-0.2, -0.15) is 0 Å². The van der Waals surface area contributed by atoms with Gasteiger partial charge < -0.3 is 15.4 Å². The monoisotopic (exact) mass is 484 g/mol. The van der Waals surface area contributed by atoms with Crippen LogP contribution in [0.1, 0.15) is 20.7 Å². The SMILES string of the molecule is COc1ccc(C(=O)NC(=S)Nc2ccc(NC(=O)c3cccc(Cl)c3)cc2)cc1[N+](=O)[O-]. The zero-order valence-corrected chi connectivity index (χ0v) is 18.7. The number of nitrogens with zero attached hydrogens (tertiary/aromatic N) is 1. The number of rotatable bonds is 6. The molecule has 0 aliphatic heterocycles. The molecule has 3 N–H and O–H groups in total. The molecule has 168 valence electrons. The van der Waals surface area contributed by atoms with Crippen LogP contribution in [0.4, 0.5) is 17.1 Å². The molecule has 0 heterocycles. The summed E-state index contributed by atoms with van der Waals surface area (Å²) in [6.45, 7) is 0. The number of methoxy groups -OCH3 is 1. The highest BCUT2D eigenvalue weighted by Crippen LogP contribution is 2.27. The van der Waals surface area contributed by atoms with Gasteiger partial charge in [-0.25, -0.2) is 0 Å². The molecule has 2 amide bonds. The Kier molecular flexibility index (Phi) is 7.54. The first-order valence-electron chi connectivity index (χ1n) is 9.38. The fourth-order valence-electron chi connectivity index (χ4n) is 2.78. The van der Waals surface area contributed by atoms with E-state index in [2.05, 4.69) is 16.0 Å². The van der Waals surface area contributed by atoms with Gasteiger partial charge in [0, 0.05) is 33.6 Å². The van der Waals surface area contributed by atoms with E-state index < -0.39 is 10.8 Å². The van der Waals surface area contributed by atoms with Crippen LogP contribution in [0.2, 0.25) is 5.02 Å². The molecule has 0 aliphatic carbocycles. The summed E-state index contributed by atoms with van der Waals surface area (Å²) < 4.78 is 4.92. The number of hydrogen-bond donors (Lipinski definition) is 3. The van der Waals surface area contributed by atoms with Crippen molar-refractivity contribution in [2.24, 2.45) is 0 Å². The molecular weight excluding hydrogens is 468 g/mol. The van der Waals surface area contributed by atoms with Crippen LogP contribution in [0.3, 0.4) is 0 Å². The number of nitro groups is 1. The van der Waals surface area contributed by atoms with Crippen LogP contribution in [0.25, 0.3) is 0 Å². The molecule has 0 radical (unpaired) electrons. The fourth-order valence-corrected chi connectivity index (χ4v) is 3.18. The van der Waals surface area contributed by atoms with Crippen molar-refractivity contribution in [2.45, 2.75) is 0 Å². The quantitative estimate of drug-likeness (QED) is 0.264. The van der Waals surface area contributed by atoms with Gasteiger partial charge in [-0.3, -0.25) is 25.0 Å². The van der Waals surface area contributed by atoms with Crippen LogP contribution in [0, 0.1) is 10.1 Å². The van der Waals surface area contributed by atoms with Crippen molar-refractivity contribution in [1.82, 2.24) is 5.32 Å². The van der Waals surface area contributed by atoms with Crippen molar-refractivity contribution >= 4 is 57.8 Å². The molecule has 0 saturated carbocycles. The summed E-state index contributed by atoms with van der Waals surface area (Å²) in [4.78, 5) is 35.2. The molecule has 0 aromatic heterocycles. The number of thiocarbonyl (C=S) groups is 1. The zero-order valence-electron chi connectivity index (χ0n) is 17.1. The van der Waals surface area contributed by atoms with Crippen LogP contribution >= 0.6 is 23.8 Å². The molecule has 0 atom stereocenters. The molecule has 0 aliphatic rings. The number of nitrogens with one attached hydrogen (secondary N) is 3. The highest BCUT2D eigenvalue weighted by atomic mass is 35.5. The van der Waals surface area contributed by atoms with Crippen molar-refractivity contribution in [3.05, 3.63) is 93.0 Å². The summed E-state index contributed by atoms with van der Waals surface area (Å²) in [6.07, 6.45) is 0. The normalized spacial score (nSPS) is 10.1. The van der Waals surface area contributed by atoms with Crippen LogP contribution in [0.5, 0.6) is 5.75 Å². The third-order valence-corrected chi connectivity index (χ3v) is 4.79. The lowest BCUT2D eigenvalue weighted by Gasteiger charge is -2.11. The molecule has 0 bridgehead atoms.